The molecule has 0 N–H and O–H groups in total. The Balaban J connectivity index is 2.98. The Morgan fingerprint density at radius 1 is 1.08 bits per heavy atom. The molecule has 72 valence electrons. The van der Waals surface area contributed by atoms with E-state index in [1.54, 1.807) is 0 Å². The van der Waals surface area contributed by atoms with E-state index in [2.05, 4.69) is 51.3 Å². The van der Waals surface area contributed by atoms with Crippen molar-refractivity contribution in [3.8, 4) is 0 Å². The summed E-state index contributed by atoms with van der Waals surface area (Å²) in [5.74, 6) is 1.37. The Labute approximate surface area is 85.7 Å². The highest BCUT2D eigenvalue weighted by Crippen LogP contribution is 2.31. The van der Waals surface area contributed by atoms with E-state index in [-0.39, 0.29) is 0 Å². The molecule has 1 aromatic rings. The first-order valence-electron chi connectivity index (χ1n) is 4.79. The molecule has 0 aliphatic carbocycles. The quantitative estimate of drug-likeness (QED) is 0.651. The molecule has 0 amide bonds. The predicted molar refractivity (Wildman–Crippen MR) is 61.5 cm³/mol. The monoisotopic (exact) mass is 194 g/mol. The average molecular weight is 194 g/mol. The van der Waals surface area contributed by atoms with Crippen LogP contribution in [0.1, 0.15) is 32.3 Å². The topological polar surface area (TPSA) is 0 Å². The van der Waals surface area contributed by atoms with E-state index in [0.29, 0.717) is 11.8 Å². The van der Waals surface area contributed by atoms with Gasteiger partial charge in [0.2, 0.25) is 0 Å². The molecular weight excluding hydrogens is 176 g/mol. The number of hydrogen-bond acceptors (Lipinski definition) is 1. The van der Waals surface area contributed by atoms with Gasteiger partial charge in [-0.2, -0.15) is 0 Å². The van der Waals surface area contributed by atoms with Gasteiger partial charge in [0, 0.05) is 4.90 Å². The van der Waals surface area contributed by atoms with Crippen LogP contribution in [-0.2, 0) is 0 Å². The van der Waals surface area contributed by atoms with Gasteiger partial charge in [-0.05, 0) is 29.7 Å². The molecule has 0 spiro atoms. The van der Waals surface area contributed by atoms with Gasteiger partial charge in [0.1, 0.15) is 0 Å². The maximum Gasteiger partial charge on any atom is 0.0104 e. The van der Waals surface area contributed by atoms with Crippen molar-refractivity contribution in [2.75, 3.05) is 6.26 Å². The number of hydrogen-bond donors (Lipinski definition) is 0. The molecule has 0 saturated heterocycles. The van der Waals surface area contributed by atoms with Crippen molar-refractivity contribution < 1.29 is 0 Å². The molecule has 1 rings (SSSR count). The number of rotatable bonds is 3. The van der Waals surface area contributed by atoms with Crippen molar-refractivity contribution in [1.29, 1.82) is 0 Å². The van der Waals surface area contributed by atoms with Crippen molar-refractivity contribution >= 4 is 11.8 Å². The van der Waals surface area contributed by atoms with Crippen molar-refractivity contribution in [3.05, 3.63) is 29.8 Å². The van der Waals surface area contributed by atoms with E-state index in [1.807, 2.05) is 11.8 Å². The van der Waals surface area contributed by atoms with Gasteiger partial charge in [0.05, 0.1) is 0 Å². The van der Waals surface area contributed by atoms with E-state index < -0.39 is 0 Å². The third kappa shape index (κ3) is 2.50. The van der Waals surface area contributed by atoms with Crippen LogP contribution < -0.4 is 0 Å². The van der Waals surface area contributed by atoms with Crippen molar-refractivity contribution in [2.24, 2.45) is 5.92 Å². The zero-order valence-corrected chi connectivity index (χ0v) is 9.69. The van der Waals surface area contributed by atoms with Gasteiger partial charge in [0.25, 0.3) is 0 Å². The maximum atomic E-state index is 2.31. The summed E-state index contributed by atoms with van der Waals surface area (Å²) in [7, 11) is 0. The highest BCUT2D eigenvalue weighted by molar-refractivity contribution is 7.98. The molecule has 0 radical (unpaired) electrons. The zero-order chi connectivity index (χ0) is 9.84. The largest absolute Gasteiger partial charge is 0.129 e. The summed E-state index contributed by atoms with van der Waals surface area (Å²) in [6.45, 7) is 6.86. The van der Waals surface area contributed by atoms with Crippen LogP contribution in [-0.4, -0.2) is 6.26 Å². The molecule has 1 unspecified atom stereocenters. The van der Waals surface area contributed by atoms with Gasteiger partial charge < -0.3 is 0 Å². The van der Waals surface area contributed by atoms with Crippen LogP contribution in [0.25, 0.3) is 0 Å². The van der Waals surface area contributed by atoms with E-state index >= 15 is 0 Å². The van der Waals surface area contributed by atoms with Crippen molar-refractivity contribution in [2.45, 2.75) is 31.6 Å². The van der Waals surface area contributed by atoms with E-state index in [9.17, 15) is 0 Å². The summed E-state index contributed by atoms with van der Waals surface area (Å²) in [5, 5.41) is 0. The minimum atomic E-state index is 0.656. The smallest absolute Gasteiger partial charge is 0.0104 e. The Morgan fingerprint density at radius 3 is 2.23 bits per heavy atom. The third-order valence-electron chi connectivity index (χ3n) is 2.63. The third-order valence-corrected chi connectivity index (χ3v) is 3.44. The minimum Gasteiger partial charge on any atom is -0.129 e. The lowest BCUT2D eigenvalue weighted by Crippen LogP contribution is -2.03. The number of benzene rings is 1. The lowest BCUT2D eigenvalue weighted by Gasteiger charge is -2.18. The summed E-state index contributed by atoms with van der Waals surface area (Å²) in [6, 6.07) is 8.70. The molecule has 0 heterocycles. The fourth-order valence-corrected chi connectivity index (χ4v) is 2.11. The van der Waals surface area contributed by atoms with Gasteiger partial charge in [0.15, 0.2) is 0 Å². The minimum absolute atomic E-state index is 0.656. The molecule has 0 aliphatic heterocycles. The summed E-state index contributed by atoms with van der Waals surface area (Å²) in [6.07, 6.45) is 2.14. The summed E-state index contributed by atoms with van der Waals surface area (Å²) < 4.78 is 0. The van der Waals surface area contributed by atoms with Crippen molar-refractivity contribution in [3.63, 3.8) is 0 Å². The van der Waals surface area contributed by atoms with Crippen LogP contribution in [0.4, 0.5) is 0 Å². The first-order chi connectivity index (χ1) is 6.16. The molecule has 0 aliphatic rings. The Hall–Kier alpha value is -0.430. The molecule has 1 atom stereocenters. The normalized spacial score (nSPS) is 13.3. The van der Waals surface area contributed by atoms with Gasteiger partial charge in [-0.1, -0.05) is 39.0 Å². The first-order valence-corrected chi connectivity index (χ1v) is 6.02. The predicted octanol–water partition coefficient (Wildman–Crippen LogP) is 4.17. The standard InChI is InChI=1S/C12H18S/c1-9(2)10(3)11-7-5-6-8-12(11)13-4/h5-10H,1-4H3. The number of thioether (sulfide) groups is 1. The van der Waals surface area contributed by atoms with Gasteiger partial charge in [-0.15, -0.1) is 11.8 Å². The van der Waals surface area contributed by atoms with E-state index in [4.69, 9.17) is 0 Å². The molecule has 0 bridgehead atoms. The lowest BCUT2D eigenvalue weighted by atomic mass is 9.90. The molecule has 1 heteroatoms. The summed E-state index contributed by atoms with van der Waals surface area (Å²) in [4.78, 5) is 1.42. The van der Waals surface area contributed by atoms with Gasteiger partial charge in [-0.3, -0.25) is 0 Å². The van der Waals surface area contributed by atoms with Crippen molar-refractivity contribution in [1.82, 2.24) is 0 Å². The van der Waals surface area contributed by atoms with Crippen LogP contribution in [0, 0.1) is 5.92 Å². The highest BCUT2D eigenvalue weighted by Gasteiger charge is 2.12. The molecular formula is C12H18S. The Morgan fingerprint density at radius 2 is 1.69 bits per heavy atom. The summed E-state index contributed by atoms with van der Waals surface area (Å²) >= 11 is 1.84. The second-order valence-electron chi connectivity index (χ2n) is 3.77. The summed E-state index contributed by atoms with van der Waals surface area (Å²) in [5.41, 5.74) is 1.49. The second kappa shape index (κ2) is 4.71. The molecule has 0 aromatic heterocycles. The fourth-order valence-electron chi connectivity index (χ4n) is 1.40. The Bertz CT molecular complexity index is 266. The molecule has 0 saturated carbocycles. The van der Waals surface area contributed by atoms with Crippen LogP contribution in [0.5, 0.6) is 0 Å². The average Bonchev–Trinajstić information content (AvgIpc) is 2.16. The van der Waals surface area contributed by atoms with Gasteiger partial charge >= 0.3 is 0 Å². The van der Waals surface area contributed by atoms with Crippen LogP contribution in [0.2, 0.25) is 0 Å². The van der Waals surface area contributed by atoms with Crippen LogP contribution in [0.15, 0.2) is 29.2 Å². The van der Waals surface area contributed by atoms with Gasteiger partial charge in [-0.25, -0.2) is 0 Å². The Kier molecular flexibility index (Phi) is 3.86. The van der Waals surface area contributed by atoms with E-state index in [0.717, 1.165) is 0 Å². The fraction of sp³-hybridized carbons (Fsp3) is 0.500. The zero-order valence-electron chi connectivity index (χ0n) is 8.87. The van der Waals surface area contributed by atoms with E-state index in [1.165, 1.54) is 10.5 Å². The lowest BCUT2D eigenvalue weighted by molar-refractivity contribution is 0.528. The molecule has 0 nitrogen and oxygen atoms in total. The highest BCUT2D eigenvalue weighted by atomic mass is 32.2. The second-order valence-corrected chi connectivity index (χ2v) is 4.62. The maximum absolute atomic E-state index is 2.31. The first kappa shape index (κ1) is 10.6. The SMILES string of the molecule is CSc1ccccc1C(C)C(C)C. The molecule has 1 aromatic carbocycles. The van der Waals surface area contributed by atoms with Crippen LogP contribution >= 0.6 is 11.8 Å². The van der Waals surface area contributed by atoms with Crippen LogP contribution in [0.3, 0.4) is 0 Å². The molecule has 0 fully saturated rings. The molecule has 13 heavy (non-hydrogen) atoms.